The van der Waals surface area contributed by atoms with Crippen molar-refractivity contribution in [2.75, 3.05) is 103 Å². The molecule has 4 aliphatic heterocycles. The summed E-state index contributed by atoms with van der Waals surface area (Å²) in [5.74, 6) is -1.44. The Labute approximate surface area is 464 Å². The fraction of sp³-hybridized carbons (Fsp3) is 0.466. The predicted molar refractivity (Wildman–Crippen MR) is 293 cm³/mol. The van der Waals surface area contributed by atoms with E-state index in [1.807, 2.05) is 67.6 Å². The molecule has 9 rings (SSSR count). The monoisotopic (exact) mass is 1100 g/mol. The van der Waals surface area contributed by atoms with E-state index in [1.165, 1.54) is 6.07 Å². The van der Waals surface area contributed by atoms with E-state index in [-0.39, 0.29) is 60.5 Å². The number of hydrogen-bond acceptors (Lipinski definition) is 16. The van der Waals surface area contributed by atoms with Crippen LogP contribution in [0.4, 0.5) is 15.8 Å². The number of carbonyl (C=O) groups excluding carboxylic acids is 6. The number of anilines is 2. The molecule has 0 radical (unpaired) electrons. The molecule has 3 aromatic carbocycles. The highest BCUT2D eigenvalue weighted by Gasteiger charge is 2.46. The first-order chi connectivity index (χ1) is 38.9. The summed E-state index contributed by atoms with van der Waals surface area (Å²) in [7, 11) is 2.12. The fourth-order valence-electron chi connectivity index (χ4n) is 10.4. The zero-order valence-electron chi connectivity index (χ0n) is 45.4. The van der Waals surface area contributed by atoms with Crippen molar-refractivity contribution in [1.82, 2.24) is 45.5 Å². The first-order valence-corrected chi connectivity index (χ1v) is 27.6. The number of hydrogen-bond donors (Lipinski definition) is 4. The minimum Gasteiger partial charge on any atom is -0.494 e. The minimum absolute atomic E-state index is 0.00176. The summed E-state index contributed by atoms with van der Waals surface area (Å²) in [5, 5.41) is 18.1. The quantitative estimate of drug-likeness (QED) is 0.0386. The third-order valence-corrected chi connectivity index (χ3v) is 15.1. The van der Waals surface area contributed by atoms with Crippen LogP contribution in [0, 0.1) is 5.82 Å². The molecule has 6 heterocycles. The lowest BCUT2D eigenvalue weighted by molar-refractivity contribution is -0.136. The number of pyridine rings is 1. The van der Waals surface area contributed by atoms with Crippen molar-refractivity contribution >= 4 is 46.8 Å². The van der Waals surface area contributed by atoms with Gasteiger partial charge < -0.3 is 49.3 Å². The summed E-state index contributed by atoms with van der Waals surface area (Å²) in [6.45, 7) is 8.06. The first kappa shape index (κ1) is 57.0. The van der Waals surface area contributed by atoms with E-state index in [9.17, 15) is 28.8 Å². The molecule has 3 saturated heterocycles. The lowest BCUT2D eigenvalue weighted by Crippen LogP contribution is -2.54. The second kappa shape index (κ2) is 27.0. The van der Waals surface area contributed by atoms with Crippen molar-refractivity contribution in [3.8, 4) is 17.1 Å². The molecular formula is C58H70FN11O10. The number of amides is 6. The molecule has 5 aromatic rings. The number of H-pyrrole nitrogens is 1. The van der Waals surface area contributed by atoms with Gasteiger partial charge in [-0.3, -0.25) is 44.0 Å². The number of rotatable bonds is 26. The summed E-state index contributed by atoms with van der Waals surface area (Å²) >= 11 is 0. The Hall–Kier alpha value is -7.66. The summed E-state index contributed by atoms with van der Waals surface area (Å²) in [5.41, 5.74) is 2.75. The number of aromatic amines is 1. The van der Waals surface area contributed by atoms with Crippen LogP contribution in [0.1, 0.15) is 113 Å². The first-order valence-electron chi connectivity index (χ1n) is 27.6. The van der Waals surface area contributed by atoms with Gasteiger partial charge in [0.25, 0.3) is 17.7 Å². The van der Waals surface area contributed by atoms with Gasteiger partial charge in [0.15, 0.2) is 11.6 Å². The van der Waals surface area contributed by atoms with Crippen LogP contribution in [-0.4, -0.2) is 169 Å². The Balaban J connectivity index is 0.591. The van der Waals surface area contributed by atoms with Gasteiger partial charge in [-0.05, 0) is 113 Å². The van der Waals surface area contributed by atoms with Crippen molar-refractivity contribution in [2.24, 2.45) is 0 Å². The molecular weight excluding hydrogens is 1030 g/mol. The van der Waals surface area contributed by atoms with Crippen molar-refractivity contribution in [3.05, 3.63) is 119 Å². The fourth-order valence-corrected chi connectivity index (χ4v) is 10.4. The lowest BCUT2D eigenvalue weighted by atomic mass is 9.86. The molecule has 3 fully saturated rings. The highest BCUT2D eigenvalue weighted by Crippen LogP contribution is 2.37. The normalized spacial score (nSPS) is 17.8. The van der Waals surface area contributed by atoms with E-state index in [1.54, 1.807) is 22.2 Å². The average Bonchev–Trinajstić information content (AvgIpc) is 4.06. The van der Waals surface area contributed by atoms with Gasteiger partial charge in [-0.2, -0.15) is 0 Å². The number of piperazine rings is 1. The molecule has 1 unspecified atom stereocenters. The third kappa shape index (κ3) is 14.2. The molecule has 0 bridgehead atoms. The van der Waals surface area contributed by atoms with Crippen molar-refractivity contribution in [1.29, 1.82) is 0 Å². The second-order valence-corrected chi connectivity index (χ2v) is 20.6. The second-order valence-electron chi connectivity index (χ2n) is 20.6. The van der Waals surface area contributed by atoms with Crippen molar-refractivity contribution in [2.45, 2.75) is 82.3 Å². The lowest BCUT2D eigenvalue weighted by Gasteiger charge is -2.40. The third-order valence-electron chi connectivity index (χ3n) is 15.1. The topological polar surface area (TPSA) is 243 Å². The number of unbranched alkanes of at least 4 members (excludes halogenated alkanes) is 3. The largest absolute Gasteiger partial charge is 0.494 e. The zero-order chi connectivity index (χ0) is 56.0. The number of fused-ring (bicyclic) bond motifs is 1. The SMILES string of the molecule is C[C@@H](NC(=O)c1cccc(NC2(c3nnc(-c4ccncc4)[nH]3)CCN(C)CC2)c1)c1cccc(OCCCCCCOCCOCCOCCC(=O)N2CCN(c3cc4c(cc3F)C(=O)N(C3CCC(=O)NC3=O)C4=O)CC2)c1. The summed E-state index contributed by atoms with van der Waals surface area (Å²) in [4.78, 5) is 91.0. The highest BCUT2D eigenvalue weighted by atomic mass is 19.1. The van der Waals surface area contributed by atoms with E-state index in [0.29, 0.717) is 77.2 Å². The van der Waals surface area contributed by atoms with Crippen LogP contribution >= 0.6 is 0 Å². The molecule has 2 atom stereocenters. The number of carbonyl (C=O) groups is 6. The average molecular weight is 1100 g/mol. The number of ether oxygens (including phenoxy) is 4. The number of nitrogens with zero attached hydrogens (tertiary/aromatic N) is 7. The van der Waals surface area contributed by atoms with E-state index in [2.05, 4.69) is 48.1 Å². The van der Waals surface area contributed by atoms with Gasteiger partial charge in [-0.15, -0.1) is 10.2 Å². The van der Waals surface area contributed by atoms with E-state index < -0.39 is 41.0 Å². The molecule has 4 N–H and O–H groups in total. The van der Waals surface area contributed by atoms with E-state index in [0.717, 1.165) is 91.0 Å². The van der Waals surface area contributed by atoms with Gasteiger partial charge in [0.2, 0.25) is 17.7 Å². The Morgan fingerprint density at radius 3 is 2.20 bits per heavy atom. The van der Waals surface area contributed by atoms with E-state index in [4.69, 9.17) is 18.9 Å². The zero-order valence-corrected chi connectivity index (χ0v) is 45.4. The van der Waals surface area contributed by atoms with Crippen LogP contribution in [0.3, 0.4) is 0 Å². The molecule has 80 heavy (non-hydrogen) atoms. The minimum atomic E-state index is -1.14. The molecule has 0 spiro atoms. The van der Waals surface area contributed by atoms with Crippen LogP contribution < -0.4 is 25.6 Å². The van der Waals surface area contributed by atoms with Crippen molar-refractivity contribution < 1.29 is 52.1 Å². The summed E-state index contributed by atoms with van der Waals surface area (Å²) in [6, 6.07) is 20.2. The molecule has 0 aliphatic carbocycles. The Bertz CT molecular complexity index is 2980. The molecule has 0 saturated carbocycles. The molecule has 4 aliphatic rings. The van der Waals surface area contributed by atoms with Gasteiger partial charge >= 0.3 is 0 Å². The highest BCUT2D eigenvalue weighted by molar-refractivity contribution is 6.23. The number of benzene rings is 3. The van der Waals surface area contributed by atoms with Gasteiger partial charge in [0.05, 0.1) is 74.5 Å². The van der Waals surface area contributed by atoms with Crippen LogP contribution in [0.5, 0.6) is 5.75 Å². The number of nitrogens with one attached hydrogen (secondary N) is 4. The maximum absolute atomic E-state index is 15.3. The molecule has 424 valence electrons. The number of likely N-dealkylation sites (tertiary alicyclic amines) is 1. The molecule has 22 heteroatoms. The standard InChI is InChI=1S/C58H70FN11O10/c1-39(61-53(73)42-10-7-11-43(35-42)64-58(18-22-67(2)23-19-58)57-63-52(65-66-57)40-15-20-60-21-16-40)41-9-8-12-44(36-41)80-29-6-4-3-5-28-77-31-33-79-34-32-78-30-17-51(72)69-26-24-68(25-27-69)49-38-46-45(37-47(49)59)55(75)70(56(46)76)48-13-14-50(71)62-54(48)74/h7-12,15-16,20-21,35-39,48,64H,3-6,13-14,17-19,22-34H2,1-2H3,(H,61,73)(H,62,71,74)(H,63,65,66)/t39-,48?/m1/s1. The summed E-state index contributed by atoms with van der Waals surface area (Å²) < 4.78 is 38.4. The van der Waals surface area contributed by atoms with Crippen LogP contribution in [0.15, 0.2) is 85.2 Å². The molecule has 2 aromatic heterocycles. The molecule has 6 amide bonds. The van der Waals surface area contributed by atoms with Crippen LogP contribution in [0.25, 0.3) is 11.4 Å². The van der Waals surface area contributed by atoms with Gasteiger partial charge in [-0.1, -0.05) is 24.6 Å². The van der Waals surface area contributed by atoms with Crippen LogP contribution in [0.2, 0.25) is 0 Å². The van der Waals surface area contributed by atoms with Crippen molar-refractivity contribution in [3.63, 3.8) is 0 Å². The van der Waals surface area contributed by atoms with Gasteiger partial charge in [0.1, 0.15) is 17.6 Å². The van der Waals surface area contributed by atoms with Crippen LogP contribution in [-0.2, 0) is 34.1 Å². The number of halogens is 1. The number of aromatic nitrogens is 4. The molecule has 21 nitrogen and oxygen atoms in total. The summed E-state index contributed by atoms with van der Waals surface area (Å²) in [6.07, 6.45) is 9.08. The Morgan fingerprint density at radius 1 is 0.775 bits per heavy atom. The Kier molecular flexibility index (Phi) is 19.3. The van der Waals surface area contributed by atoms with Gasteiger partial charge in [-0.25, -0.2) is 4.39 Å². The smallest absolute Gasteiger partial charge is 0.262 e. The van der Waals surface area contributed by atoms with E-state index >= 15 is 4.39 Å². The number of piperidine rings is 2. The van der Waals surface area contributed by atoms with Gasteiger partial charge in [0, 0.05) is 81.5 Å². The maximum Gasteiger partial charge on any atom is 0.262 e. The Morgan fingerprint density at radius 2 is 1.46 bits per heavy atom. The predicted octanol–water partition coefficient (Wildman–Crippen LogP) is 5.66. The number of imide groups is 2. The maximum atomic E-state index is 15.3.